The molecule has 19 heavy (non-hydrogen) atoms. The fraction of sp³-hybridized carbons (Fsp3) is 0.533. The topological polar surface area (TPSA) is 49.3 Å². The third kappa shape index (κ3) is 10.5. The van der Waals surface area contributed by atoms with E-state index in [0.717, 1.165) is 19.4 Å². The maximum Gasteiger partial charge on any atom is 0.304 e. The van der Waals surface area contributed by atoms with E-state index in [1.165, 1.54) is 24.8 Å². The molecule has 1 aromatic rings. The smallest absolute Gasteiger partial charge is 0.304 e. The number of aliphatic carboxylic acids is 1. The zero-order chi connectivity index (χ0) is 13.1. The number of hydrogen-bond donors (Lipinski definition) is 2. The molecule has 0 aliphatic heterocycles. The summed E-state index contributed by atoms with van der Waals surface area (Å²) >= 11 is 0. The van der Waals surface area contributed by atoms with Crippen molar-refractivity contribution < 1.29 is 9.90 Å². The van der Waals surface area contributed by atoms with Gasteiger partial charge in [-0.15, -0.1) is 12.4 Å². The van der Waals surface area contributed by atoms with Crippen molar-refractivity contribution in [2.75, 3.05) is 13.1 Å². The Balaban J connectivity index is 0.00000324. The molecule has 0 amide bonds. The van der Waals surface area contributed by atoms with Gasteiger partial charge < -0.3 is 10.4 Å². The number of carboxylic acid groups (broad SMARTS) is 1. The van der Waals surface area contributed by atoms with Gasteiger partial charge in [0.1, 0.15) is 0 Å². The maximum atomic E-state index is 10.3. The van der Waals surface area contributed by atoms with E-state index in [1.807, 2.05) is 6.07 Å². The molecular weight excluding hydrogens is 262 g/mol. The minimum absolute atomic E-state index is 0. The highest BCUT2D eigenvalue weighted by Crippen LogP contribution is 2.07. The van der Waals surface area contributed by atoms with Crippen LogP contribution in [-0.4, -0.2) is 24.2 Å². The zero-order valence-corrected chi connectivity index (χ0v) is 12.1. The van der Waals surface area contributed by atoms with Gasteiger partial charge in [-0.05, 0) is 31.4 Å². The number of nitrogens with one attached hydrogen (secondary N) is 1. The van der Waals surface area contributed by atoms with Crippen LogP contribution in [0.3, 0.4) is 0 Å². The second kappa shape index (κ2) is 12.0. The maximum absolute atomic E-state index is 10.3. The standard InChI is InChI=1S/C15H23NO2.ClH/c17-15(18)11-13-16-12-7-2-1-4-8-14-9-5-3-6-10-14;/h3,5-6,9-10,16H,1-2,4,7-8,11-13H2,(H,17,18);1H. The molecular formula is C15H24ClNO2. The summed E-state index contributed by atoms with van der Waals surface area (Å²) in [5, 5.41) is 11.6. The van der Waals surface area contributed by atoms with Gasteiger partial charge in [0.15, 0.2) is 0 Å². The highest BCUT2D eigenvalue weighted by molar-refractivity contribution is 5.85. The van der Waals surface area contributed by atoms with E-state index in [1.54, 1.807) is 0 Å². The molecule has 2 N–H and O–H groups in total. The van der Waals surface area contributed by atoms with Gasteiger partial charge in [0.2, 0.25) is 0 Å². The first-order valence-electron chi connectivity index (χ1n) is 6.75. The van der Waals surface area contributed by atoms with E-state index < -0.39 is 5.97 Å². The van der Waals surface area contributed by atoms with Crippen molar-refractivity contribution in [2.24, 2.45) is 0 Å². The summed E-state index contributed by atoms with van der Waals surface area (Å²) in [5.74, 6) is -0.731. The van der Waals surface area contributed by atoms with E-state index >= 15 is 0 Å². The van der Waals surface area contributed by atoms with E-state index in [4.69, 9.17) is 5.11 Å². The Morgan fingerprint density at radius 3 is 2.37 bits per heavy atom. The Labute approximate surface area is 121 Å². The number of halogens is 1. The van der Waals surface area contributed by atoms with Crippen LogP contribution in [0.1, 0.15) is 37.7 Å². The quantitative estimate of drug-likeness (QED) is 0.649. The molecule has 1 aromatic carbocycles. The second-order valence-corrected chi connectivity index (χ2v) is 4.54. The lowest BCUT2D eigenvalue weighted by Crippen LogP contribution is -2.19. The molecule has 0 unspecified atom stereocenters. The van der Waals surface area contributed by atoms with Crippen LogP contribution in [0.2, 0.25) is 0 Å². The minimum Gasteiger partial charge on any atom is -0.481 e. The van der Waals surface area contributed by atoms with E-state index in [9.17, 15) is 4.79 Å². The summed E-state index contributed by atoms with van der Waals surface area (Å²) in [6, 6.07) is 10.6. The Kier molecular flexibility index (Phi) is 11.3. The first-order chi connectivity index (χ1) is 8.79. The molecule has 0 spiro atoms. The summed E-state index contributed by atoms with van der Waals surface area (Å²) in [4.78, 5) is 10.3. The predicted molar refractivity (Wildman–Crippen MR) is 81.0 cm³/mol. The molecule has 0 saturated heterocycles. The number of rotatable bonds is 10. The number of aryl methyl sites for hydroxylation is 1. The average molecular weight is 286 g/mol. The molecule has 0 heterocycles. The van der Waals surface area contributed by atoms with Crippen LogP contribution >= 0.6 is 12.4 Å². The van der Waals surface area contributed by atoms with Crippen LogP contribution in [-0.2, 0) is 11.2 Å². The number of carbonyl (C=O) groups is 1. The van der Waals surface area contributed by atoms with Crippen LogP contribution in [0.5, 0.6) is 0 Å². The van der Waals surface area contributed by atoms with Gasteiger partial charge in [0.25, 0.3) is 0 Å². The van der Waals surface area contributed by atoms with Gasteiger partial charge in [-0.25, -0.2) is 0 Å². The Bertz CT molecular complexity index is 330. The lowest BCUT2D eigenvalue weighted by molar-refractivity contribution is -0.136. The summed E-state index contributed by atoms with van der Waals surface area (Å²) in [6.45, 7) is 1.51. The van der Waals surface area contributed by atoms with Crippen molar-refractivity contribution in [3.05, 3.63) is 35.9 Å². The molecule has 1 rings (SSSR count). The van der Waals surface area contributed by atoms with Crippen molar-refractivity contribution in [1.82, 2.24) is 5.32 Å². The van der Waals surface area contributed by atoms with Gasteiger partial charge in [0.05, 0.1) is 6.42 Å². The molecule has 0 saturated carbocycles. The van der Waals surface area contributed by atoms with E-state index in [0.29, 0.717) is 6.54 Å². The number of carboxylic acids is 1. The lowest BCUT2D eigenvalue weighted by atomic mass is 10.1. The first-order valence-corrected chi connectivity index (χ1v) is 6.75. The van der Waals surface area contributed by atoms with Crippen molar-refractivity contribution in [2.45, 2.75) is 38.5 Å². The molecule has 0 atom stereocenters. The van der Waals surface area contributed by atoms with Crippen LogP contribution in [0.4, 0.5) is 0 Å². The van der Waals surface area contributed by atoms with Crippen molar-refractivity contribution in [3.8, 4) is 0 Å². The Morgan fingerprint density at radius 1 is 1.00 bits per heavy atom. The lowest BCUT2D eigenvalue weighted by Gasteiger charge is -2.03. The molecule has 0 aliphatic carbocycles. The summed E-state index contributed by atoms with van der Waals surface area (Å²) in [5.41, 5.74) is 1.41. The fourth-order valence-electron chi connectivity index (χ4n) is 1.90. The first kappa shape index (κ1) is 17.9. The van der Waals surface area contributed by atoms with Crippen LogP contribution in [0.25, 0.3) is 0 Å². The molecule has 0 fully saturated rings. The van der Waals surface area contributed by atoms with Gasteiger partial charge in [0, 0.05) is 6.54 Å². The van der Waals surface area contributed by atoms with Crippen LogP contribution in [0, 0.1) is 0 Å². The van der Waals surface area contributed by atoms with Gasteiger partial charge in [-0.3, -0.25) is 4.79 Å². The highest BCUT2D eigenvalue weighted by Gasteiger charge is 1.96. The largest absolute Gasteiger partial charge is 0.481 e. The fourth-order valence-corrected chi connectivity index (χ4v) is 1.90. The monoisotopic (exact) mass is 285 g/mol. The van der Waals surface area contributed by atoms with Crippen LogP contribution < -0.4 is 5.32 Å². The number of hydrogen-bond acceptors (Lipinski definition) is 2. The molecule has 0 bridgehead atoms. The van der Waals surface area contributed by atoms with Crippen LogP contribution in [0.15, 0.2) is 30.3 Å². The minimum atomic E-state index is -0.731. The normalized spacial score (nSPS) is 9.89. The summed E-state index contributed by atoms with van der Waals surface area (Å²) in [6.07, 6.45) is 6.21. The third-order valence-electron chi connectivity index (χ3n) is 2.93. The molecule has 108 valence electrons. The molecule has 0 aromatic heterocycles. The van der Waals surface area contributed by atoms with Gasteiger partial charge >= 0.3 is 5.97 Å². The SMILES string of the molecule is Cl.O=C(O)CCNCCCCCCc1ccccc1. The number of unbranched alkanes of at least 4 members (excludes halogenated alkanes) is 3. The molecule has 4 heteroatoms. The Hall–Kier alpha value is -1.06. The van der Waals surface area contributed by atoms with Gasteiger partial charge in [-0.1, -0.05) is 43.2 Å². The average Bonchev–Trinajstić information content (AvgIpc) is 2.37. The predicted octanol–water partition coefficient (Wildman–Crippen LogP) is 3.28. The molecule has 0 aliphatic rings. The van der Waals surface area contributed by atoms with Gasteiger partial charge in [-0.2, -0.15) is 0 Å². The third-order valence-corrected chi connectivity index (χ3v) is 2.93. The molecule has 3 nitrogen and oxygen atoms in total. The van der Waals surface area contributed by atoms with Crippen molar-refractivity contribution in [3.63, 3.8) is 0 Å². The van der Waals surface area contributed by atoms with E-state index in [-0.39, 0.29) is 18.8 Å². The highest BCUT2D eigenvalue weighted by atomic mass is 35.5. The Morgan fingerprint density at radius 2 is 1.68 bits per heavy atom. The molecule has 0 radical (unpaired) electrons. The summed E-state index contributed by atoms with van der Waals surface area (Å²) < 4.78 is 0. The van der Waals surface area contributed by atoms with Crippen molar-refractivity contribution >= 4 is 18.4 Å². The van der Waals surface area contributed by atoms with E-state index in [2.05, 4.69) is 29.6 Å². The number of benzene rings is 1. The zero-order valence-electron chi connectivity index (χ0n) is 11.3. The second-order valence-electron chi connectivity index (χ2n) is 4.54. The van der Waals surface area contributed by atoms with Crippen molar-refractivity contribution in [1.29, 1.82) is 0 Å². The summed E-state index contributed by atoms with van der Waals surface area (Å²) in [7, 11) is 0.